The van der Waals surface area contributed by atoms with E-state index in [1.165, 1.54) is 12.8 Å². The van der Waals surface area contributed by atoms with Crippen molar-refractivity contribution in [2.24, 2.45) is 112 Å². The predicted molar refractivity (Wildman–Crippen MR) is 251 cm³/mol. The van der Waals surface area contributed by atoms with Crippen molar-refractivity contribution in [2.45, 2.75) is 257 Å². The molecule has 0 spiro atoms. The van der Waals surface area contributed by atoms with Crippen molar-refractivity contribution in [1.29, 1.82) is 0 Å². The van der Waals surface area contributed by atoms with Gasteiger partial charge in [0.1, 0.15) is 0 Å². The fourth-order valence-corrected chi connectivity index (χ4v) is 22.6. The number of hydrogen-bond donors (Lipinski definition) is 0. The van der Waals surface area contributed by atoms with Gasteiger partial charge in [-0.3, -0.25) is 4.90 Å². The van der Waals surface area contributed by atoms with Gasteiger partial charge in [0, 0.05) is 18.1 Å². The van der Waals surface area contributed by atoms with Gasteiger partial charge >= 0.3 is 0 Å². The van der Waals surface area contributed by atoms with Gasteiger partial charge in [-0.25, -0.2) is 0 Å². The van der Waals surface area contributed by atoms with Crippen LogP contribution in [-0.4, -0.2) is 23.0 Å². The summed E-state index contributed by atoms with van der Waals surface area (Å²) in [5, 5.41) is 0. The highest BCUT2D eigenvalue weighted by Crippen LogP contribution is 2.67. The first-order valence-electron chi connectivity index (χ1n) is 29.2. The van der Waals surface area contributed by atoms with Crippen molar-refractivity contribution < 1.29 is 0 Å². The molecule has 0 bridgehead atoms. The molecule has 0 heterocycles. The molecular formula is C59H97N. The zero-order chi connectivity index (χ0) is 40.0. The van der Waals surface area contributed by atoms with E-state index in [1.54, 1.807) is 212 Å². The van der Waals surface area contributed by atoms with Crippen molar-refractivity contribution in [3.8, 4) is 0 Å². The number of rotatable bonds is 6. The van der Waals surface area contributed by atoms with Crippen LogP contribution in [-0.2, 0) is 0 Å². The summed E-state index contributed by atoms with van der Waals surface area (Å²) >= 11 is 0. The summed E-state index contributed by atoms with van der Waals surface area (Å²) in [6, 6.07) is 2.73. The molecule has 0 aromatic rings. The molecule has 12 aliphatic rings. The molecule has 0 saturated heterocycles. The Labute approximate surface area is 372 Å². The van der Waals surface area contributed by atoms with Gasteiger partial charge in [0.2, 0.25) is 0 Å². The van der Waals surface area contributed by atoms with E-state index in [-0.39, 0.29) is 0 Å². The lowest BCUT2D eigenvalue weighted by atomic mass is 9.54. The molecule has 12 rings (SSSR count). The highest BCUT2D eigenvalue weighted by molar-refractivity contribution is 5.10. The molecule has 0 radical (unpaired) electrons. The summed E-state index contributed by atoms with van der Waals surface area (Å²) in [7, 11) is 0. The van der Waals surface area contributed by atoms with Gasteiger partial charge in [-0.1, -0.05) is 104 Å². The van der Waals surface area contributed by atoms with Crippen molar-refractivity contribution in [1.82, 2.24) is 4.90 Å². The molecule has 60 heavy (non-hydrogen) atoms. The Morgan fingerprint density at radius 2 is 0.733 bits per heavy atom. The van der Waals surface area contributed by atoms with Crippen LogP contribution in [0.25, 0.3) is 0 Å². The lowest BCUT2D eigenvalue weighted by Crippen LogP contribution is -2.55. The van der Waals surface area contributed by atoms with Gasteiger partial charge in [-0.2, -0.15) is 0 Å². The summed E-state index contributed by atoms with van der Waals surface area (Å²) in [6.45, 7) is 5.59. The van der Waals surface area contributed by atoms with Crippen LogP contribution in [0.5, 0.6) is 0 Å². The SMILES string of the molecule is CC1(C)C2CCCCC2C2CCC(N(C3CCC(C4CCC(C5CCCCC5)CC4)CC3)C3CCC4C(CC5C6CCCCC6CC(C6CC7CCCCC7C6)C45)C3)CC21. The number of fused-ring (bicyclic) bond motifs is 9. The molecular weight excluding hydrogens is 723 g/mol. The first-order chi connectivity index (χ1) is 29.5. The summed E-state index contributed by atoms with van der Waals surface area (Å²) in [4.78, 5) is 3.49. The van der Waals surface area contributed by atoms with E-state index in [4.69, 9.17) is 0 Å². The minimum absolute atomic E-state index is 0.580. The molecule has 12 aliphatic carbocycles. The molecule has 1 heteroatoms. The average Bonchev–Trinajstić information content (AvgIpc) is 3.98. The highest BCUT2D eigenvalue weighted by Gasteiger charge is 2.60. The van der Waals surface area contributed by atoms with Gasteiger partial charge in [0.05, 0.1) is 0 Å². The van der Waals surface area contributed by atoms with Gasteiger partial charge in [-0.05, 0) is 247 Å². The van der Waals surface area contributed by atoms with Crippen LogP contribution in [0.3, 0.4) is 0 Å². The summed E-state index contributed by atoms with van der Waals surface area (Å²) < 4.78 is 0. The Balaban J connectivity index is 0.771. The van der Waals surface area contributed by atoms with E-state index in [9.17, 15) is 0 Å². The van der Waals surface area contributed by atoms with Gasteiger partial charge < -0.3 is 0 Å². The molecule has 0 N–H and O–H groups in total. The van der Waals surface area contributed by atoms with Gasteiger partial charge in [0.25, 0.3) is 0 Å². The van der Waals surface area contributed by atoms with E-state index in [0.717, 1.165) is 125 Å². The lowest BCUT2D eigenvalue weighted by Gasteiger charge is -2.53. The van der Waals surface area contributed by atoms with Crippen molar-refractivity contribution in [3.05, 3.63) is 0 Å². The van der Waals surface area contributed by atoms with E-state index in [2.05, 4.69) is 18.7 Å². The second-order valence-corrected chi connectivity index (χ2v) is 27.2. The Kier molecular flexibility index (Phi) is 11.9. The highest BCUT2D eigenvalue weighted by atomic mass is 15.2. The van der Waals surface area contributed by atoms with E-state index < -0.39 is 0 Å². The molecule has 12 saturated carbocycles. The van der Waals surface area contributed by atoms with Crippen LogP contribution < -0.4 is 0 Å². The summed E-state index contributed by atoms with van der Waals surface area (Å²) in [5.74, 6) is 19.7. The molecule has 0 amide bonds. The predicted octanol–water partition coefficient (Wildman–Crippen LogP) is 16.3. The van der Waals surface area contributed by atoms with Crippen molar-refractivity contribution >= 4 is 0 Å². The first kappa shape index (κ1) is 41.4. The van der Waals surface area contributed by atoms with Crippen LogP contribution in [0.1, 0.15) is 239 Å². The van der Waals surface area contributed by atoms with Crippen LogP contribution in [0.15, 0.2) is 0 Å². The molecule has 338 valence electrons. The largest absolute Gasteiger partial charge is 0.294 e. The minimum Gasteiger partial charge on any atom is -0.294 e. The van der Waals surface area contributed by atoms with Crippen LogP contribution in [0.2, 0.25) is 0 Å². The minimum atomic E-state index is 0.580. The number of hydrogen-bond acceptors (Lipinski definition) is 1. The van der Waals surface area contributed by atoms with E-state index >= 15 is 0 Å². The third-order valence-electron chi connectivity index (χ3n) is 25.0. The average molecular weight is 820 g/mol. The maximum atomic E-state index is 3.49. The monoisotopic (exact) mass is 820 g/mol. The third kappa shape index (κ3) is 7.44. The third-order valence-corrected chi connectivity index (χ3v) is 25.0. The molecule has 1 nitrogen and oxygen atoms in total. The Morgan fingerprint density at radius 3 is 1.43 bits per heavy atom. The Morgan fingerprint density at radius 1 is 0.267 bits per heavy atom. The molecule has 15 atom stereocenters. The molecule has 12 fully saturated rings. The quantitative estimate of drug-likeness (QED) is 0.258. The topological polar surface area (TPSA) is 3.24 Å². The van der Waals surface area contributed by atoms with Gasteiger partial charge in [0.15, 0.2) is 0 Å². The number of nitrogens with zero attached hydrogens (tertiary/aromatic N) is 1. The van der Waals surface area contributed by atoms with E-state index in [1.807, 2.05) is 0 Å². The molecule has 0 aromatic carbocycles. The zero-order valence-electron chi connectivity index (χ0n) is 39.8. The molecule has 0 aromatic heterocycles. The van der Waals surface area contributed by atoms with Crippen LogP contribution in [0, 0.1) is 112 Å². The second kappa shape index (κ2) is 17.3. The Bertz CT molecular complexity index is 1410. The summed E-state index contributed by atoms with van der Waals surface area (Å²) in [6.07, 6.45) is 55.6. The maximum Gasteiger partial charge on any atom is 0.0104 e. The summed E-state index contributed by atoms with van der Waals surface area (Å²) in [5.41, 5.74) is 0.580. The van der Waals surface area contributed by atoms with Gasteiger partial charge in [-0.15, -0.1) is 0 Å². The van der Waals surface area contributed by atoms with Crippen LogP contribution >= 0.6 is 0 Å². The standard InChI is InChI=1S/C59H97N/c1-59(2)56-19-11-10-18-52(56)53-31-29-49(37-57(53)59)60(47-26-24-41(25-27-47)40-22-20-39(21-23-40)38-12-4-3-5-13-38)48-28-30-51-46(34-48)36-55-50-17-9-8-16-44(50)35-54(58(51)55)45-32-42-14-6-7-15-43(42)33-45/h38-58H,3-37H2,1-2H3. The molecule has 15 unspecified atom stereocenters. The maximum absolute atomic E-state index is 3.49. The van der Waals surface area contributed by atoms with Crippen LogP contribution in [0.4, 0.5) is 0 Å². The fourth-order valence-electron chi connectivity index (χ4n) is 22.6. The first-order valence-corrected chi connectivity index (χ1v) is 29.2. The van der Waals surface area contributed by atoms with Crippen molar-refractivity contribution in [2.75, 3.05) is 0 Å². The molecule has 0 aliphatic heterocycles. The lowest BCUT2D eigenvalue weighted by molar-refractivity contribution is -0.0420. The Hall–Kier alpha value is -0.0400. The van der Waals surface area contributed by atoms with Crippen molar-refractivity contribution in [3.63, 3.8) is 0 Å². The van der Waals surface area contributed by atoms with E-state index in [0.29, 0.717) is 5.41 Å². The normalized spacial score (nSPS) is 53.0. The smallest absolute Gasteiger partial charge is 0.0104 e. The fraction of sp³-hybridized carbons (Fsp3) is 1.00. The zero-order valence-corrected chi connectivity index (χ0v) is 39.8. The second-order valence-electron chi connectivity index (χ2n) is 27.2.